The highest BCUT2D eigenvalue weighted by atomic mass is 35.5. The third-order valence-electron chi connectivity index (χ3n) is 16.1. The summed E-state index contributed by atoms with van der Waals surface area (Å²) in [5, 5.41) is 0.667. The van der Waals surface area contributed by atoms with Crippen molar-refractivity contribution in [3.63, 3.8) is 0 Å². The Morgan fingerprint density at radius 1 is 0.887 bits per heavy atom. The first-order valence-electron chi connectivity index (χ1n) is 20.7. The quantitative estimate of drug-likeness (QED) is 0.260. The van der Waals surface area contributed by atoms with Gasteiger partial charge in [-0.25, -0.2) is 4.79 Å². The molecule has 0 heterocycles. The largest absolute Gasteiger partial charge is 0.462 e. The summed E-state index contributed by atoms with van der Waals surface area (Å²) in [7, 11) is 0. The predicted molar refractivity (Wildman–Crippen MR) is 212 cm³/mol. The standard InChI is InChI=1S/C46H68ClNO5/c1-28(2)38-34(50)25-46(29(3)26-48(40(51)53-41(5,6)7)27-31-13-15-32(47)16-14-31)24-23-44(11)33(39(38)46)17-18-36-43(10)21-20-37(52-30(4)49)42(8,9)35(43)19-22-45(36,44)12/h13-16,28-29,33,35-37H,17-27H2,1-12H3/t29?,33?,35?,36-,37+,43?,44-,45-,46+/m1/s1. The molecule has 294 valence electrons. The molecule has 0 radical (unpaired) electrons. The van der Waals surface area contributed by atoms with Crippen LogP contribution in [-0.2, 0) is 25.6 Å². The van der Waals surface area contributed by atoms with Crippen LogP contribution in [0, 0.1) is 56.7 Å². The molecule has 4 unspecified atom stereocenters. The Morgan fingerprint density at radius 2 is 1.55 bits per heavy atom. The van der Waals surface area contributed by atoms with E-state index in [0.717, 1.165) is 62.5 Å². The number of halogens is 1. The van der Waals surface area contributed by atoms with Crippen molar-refractivity contribution in [2.75, 3.05) is 6.54 Å². The zero-order valence-electron chi connectivity index (χ0n) is 34.9. The number of fused-ring (bicyclic) bond motifs is 7. The Balaban J connectivity index is 1.35. The minimum absolute atomic E-state index is 0.0330. The maximum atomic E-state index is 14.4. The number of allylic oxidation sites excluding steroid dienone is 2. The second-order valence-corrected chi connectivity index (χ2v) is 21.1. The number of benzene rings is 1. The van der Waals surface area contributed by atoms with Gasteiger partial charge in [0.25, 0.3) is 0 Å². The lowest BCUT2D eigenvalue weighted by Gasteiger charge is -2.72. The fourth-order valence-corrected chi connectivity index (χ4v) is 13.7. The lowest BCUT2D eigenvalue weighted by Crippen LogP contribution is -2.66. The maximum absolute atomic E-state index is 14.4. The first-order valence-corrected chi connectivity index (χ1v) is 21.1. The van der Waals surface area contributed by atoms with Crippen molar-refractivity contribution in [3.8, 4) is 0 Å². The summed E-state index contributed by atoms with van der Waals surface area (Å²) in [6, 6.07) is 7.70. The molecule has 9 atom stereocenters. The minimum atomic E-state index is -0.624. The van der Waals surface area contributed by atoms with E-state index >= 15 is 0 Å². The number of ketones is 1. The van der Waals surface area contributed by atoms with E-state index in [9.17, 15) is 14.4 Å². The van der Waals surface area contributed by atoms with Crippen LogP contribution >= 0.6 is 11.6 Å². The van der Waals surface area contributed by atoms with Crippen LogP contribution in [0.5, 0.6) is 0 Å². The van der Waals surface area contributed by atoms with Gasteiger partial charge in [0.05, 0.1) is 0 Å². The highest BCUT2D eigenvalue weighted by molar-refractivity contribution is 6.30. The van der Waals surface area contributed by atoms with Crippen LogP contribution in [0.3, 0.4) is 0 Å². The van der Waals surface area contributed by atoms with Crippen LogP contribution in [-0.4, -0.2) is 41.0 Å². The van der Waals surface area contributed by atoms with Crippen molar-refractivity contribution in [3.05, 3.63) is 46.0 Å². The van der Waals surface area contributed by atoms with E-state index < -0.39 is 5.60 Å². The monoisotopic (exact) mass is 749 g/mol. The highest BCUT2D eigenvalue weighted by Gasteiger charge is 2.70. The molecule has 53 heavy (non-hydrogen) atoms. The molecular formula is C46H68ClNO5. The molecule has 6 nitrogen and oxygen atoms in total. The third-order valence-corrected chi connectivity index (χ3v) is 16.4. The molecule has 1 aromatic carbocycles. The van der Waals surface area contributed by atoms with E-state index in [1.54, 1.807) is 6.92 Å². The molecule has 0 bridgehead atoms. The number of ether oxygens (including phenoxy) is 2. The Labute approximate surface area is 325 Å². The molecule has 1 aromatic rings. The molecule has 0 saturated heterocycles. The van der Waals surface area contributed by atoms with E-state index in [0.29, 0.717) is 48.1 Å². The van der Waals surface area contributed by atoms with Crippen LogP contribution in [0.1, 0.15) is 146 Å². The van der Waals surface area contributed by atoms with Crippen LogP contribution in [0.4, 0.5) is 4.79 Å². The molecule has 7 heteroatoms. The zero-order valence-corrected chi connectivity index (χ0v) is 35.7. The SMILES string of the molecule is CC(=O)O[C@H]1CCC2(C)C(CC[C@]3(C)[C@@H]2CCC2C4=C(C(C)C)C(=O)C[C@]4(C(C)CN(Cc4ccc(Cl)cc4)C(=O)OC(C)(C)C)CC[C@]23C)C1(C)C. The molecule has 5 aliphatic carbocycles. The zero-order chi connectivity index (χ0) is 39.1. The smallest absolute Gasteiger partial charge is 0.410 e. The van der Waals surface area contributed by atoms with Gasteiger partial charge in [0.2, 0.25) is 0 Å². The number of Topliss-reactive ketones (excluding diaryl/α,β-unsaturated/α-hetero) is 1. The number of amides is 1. The molecule has 4 saturated carbocycles. The molecule has 4 fully saturated rings. The topological polar surface area (TPSA) is 72.9 Å². The number of esters is 1. The van der Waals surface area contributed by atoms with Gasteiger partial charge in [-0.2, -0.15) is 0 Å². The van der Waals surface area contributed by atoms with Gasteiger partial charge in [-0.3, -0.25) is 9.59 Å². The van der Waals surface area contributed by atoms with E-state index in [2.05, 4.69) is 55.4 Å². The van der Waals surface area contributed by atoms with Crippen LogP contribution < -0.4 is 0 Å². The summed E-state index contributed by atoms with van der Waals surface area (Å²) in [5.74, 6) is 1.77. The number of rotatable bonds is 7. The molecule has 0 aromatic heterocycles. The van der Waals surface area contributed by atoms with Crippen LogP contribution in [0.15, 0.2) is 35.4 Å². The summed E-state index contributed by atoms with van der Waals surface area (Å²) in [4.78, 5) is 42.3. The average Bonchev–Trinajstić information content (AvgIpc) is 3.36. The predicted octanol–water partition coefficient (Wildman–Crippen LogP) is 11.6. The van der Waals surface area contributed by atoms with Gasteiger partial charge in [0.1, 0.15) is 11.7 Å². The number of carbonyl (C=O) groups excluding carboxylic acids is 3. The highest BCUT2D eigenvalue weighted by Crippen LogP contribution is 2.77. The molecule has 0 aliphatic heterocycles. The lowest BCUT2D eigenvalue weighted by atomic mass is 9.32. The Morgan fingerprint density at radius 3 is 2.15 bits per heavy atom. The van der Waals surface area contributed by atoms with Crippen LogP contribution in [0.25, 0.3) is 0 Å². The molecular weight excluding hydrogens is 682 g/mol. The van der Waals surface area contributed by atoms with Crippen molar-refractivity contribution in [2.24, 2.45) is 56.7 Å². The minimum Gasteiger partial charge on any atom is -0.462 e. The van der Waals surface area contributed by atoms with Gasteiger partial charge >= 0.3 is 12.1 Å². The van der Waals surface area contributed by atoms with E-state index in [-0.39, 0.29) is 57.1 Å². The van der Waals surface area contributed by atoms with Gasteiger partial charge in [0, 0.05) is 42.3 Å². The van der Waals surface area contributed by atoms with Crippen molar-refractivity contribution < 1.29 is 23.9 Å². The van der Waals surface area contributed by atoms with Gasteiger partial charge in [-0.05, 0) is 141 Å². The van der Waals surface area contributed by atoms with Gasteiger partial charge in [-0.15, -0.1) is 0 Å². The maximum Gasteiger partial charge on any atom is 0.410 e. The molecule has 0 spiro atoms. The third kappa shape index (κ3) is 6.61. The average molecular weight is 751 g/mol. The fourth-order valence-electron chi connectivity index (χ4n) is 13.5. The van der Waals surface area contributed by atoms with Gasteiger partial charge in [-0.1, -0.05) is 84.7 Å². The first-order chi connectivity index (χ1) is 24.5. The van der Waals surface area contributed by atoms with Crippen molar-refractivity contribution in [1.29, 1.82) is 0 Å². The van der Waals surface area contributed by atoms with Gasteiger partial charge in [0.15, 0.2) is 5.78 Å². The molecule has 6 rings (SSSR count). The van der Waals surface area contributed by atoms with E-state index in [1.165, 1.54) is 5.57 Å². The fraction of sp³-hybridized carbons (Fsp3) is 0.761. The number of hydrogen-bond acceptors (Lipinski definition) is 5. The number of nitrogens with zero attached hydrogens (tertiary/aromatic N) is 1. The summed E-state index contributed by atoms with van der Waals surface area (Å²) in [5.41, 5.74) is 2.89. The Hall–Kier alpha value is -2.34. The van der Waals surface area contributed by atoms with E-state index in [1.807, 2.05) is 49.9 Å². The summed E-state index contributed by atoms with van der Waals surface area (Å²) >= 11 is 6.23. The summed E-state index contributed by atoms with van der Waals surface area (Å²) in [6.45, 7) is 27.5. The first kappa shape index (κ1) is 40.3. The Bertz CT molecular complexity index is 1640. The lowest BCUT2D eigenvalue weighted by molar-refractivity contribution is -0.233. The normalized spacial score (nSPS) is 36.9. The number of hydrogen-bond donors (Lipinski definition) is 0. The van der Waals surface area contributed by atoms with Crippen LogP contribution in [0.2, 0.25) is 5.02 Å². The second kappa shape index (κ2) is 13.7. The summed E-state index contributed by atoms with van der Waals surface area (Å²) in [6.07, 6.45) is 8.81. The molecule has 1 amide bonds. The van der Waals surface area contributed by atoms with Crippen molar-refractivity contribution in [2.45, 2.75) is 159 Å². The number of carbonyl (C=O) groups is 3. The summed E-state index contributed by atoms with van der Waals surface area (Å²) < 4.78 is 12.0. The molecule has 5 aliphatic rings. The van der Waals surface area contributed by atoms with Gasteiger partial charge < -0.3 is 14.4 Å². The van der Waals surface area contributed by atoms with E-state index in [4.69, 9.17) is 21.1 Å². The van der Waals surface area contributed by atoms with Crippen molar-refractivity contribution >= 4 is 29.4 Å². The second-order valence-electron chi connectivity index (χ2n) is 20.7. The Kier molecular flexibility index (Phi) is 10.4. The molecule has 0 N–H and O–H groups in total. The van der Waals surface area contributed by atoms with Crippen molar-refractivity contribution in [1.82, 2.24) is 4.90 Å².